The van der Waals surface area contributed by atoms with Crippen LogP contribution in [0.15, 0.2) is 6.07 Å². The van der Waals surface area contributed by atoms with Gasteiger partial charge in [-0.1, -0.05) is 6.92 Å². The average Bonchev–Trinajstić information content (AvgIpc) is 2.87. The molecule has 0 saturated carbocycles. The molecular weight excluding hydrogens is 242 g/mol. The molecular formula is C14H19N3O2. The normalized spacial score (nSPS) is 26.3. The zero-order valence-electron chi connectivity index (χ0n) is 11.2. The molecule has 2 atom stereocenters. The Balaban J connectivity index is 1.79. The molecule has 1 N–H and O–H groups in total. The lowest BCUT2D eigenvalue weighted by Gasteiger charge is -2.23. The van der Waals surface area contributed by atoms with Gasteiger partial charge in [0.2, 0.25) is 0 Å². The molecule has 3 rings (SSSR count). The number of carboxylic acid groups (broad SMARTS) is 1. The van der Waals surface area contributed by atoms with Gasteiger partial charge in [-0.15, -0.1) is 5.10 Å². The summed E-state index contributed by atoms with van der Waals surface area (Å²) in [5.41, 5.74) is 2.42. The van der Waals surface area contributed by atoms with Crippen LogP contribution in [0, 0.1) is 11.8 Å². The second-order valence-corrected chi connectivity index (χ2v) is 5.79. The van der Waals surface area contributed by atoms with Gasteiger partial charge in [0.15, 0.2) is 5.82 Å². The minimum atomic E-state index is -0.706. The Hall–Kier alpha value is -1.65. The van der Waals surface area contributed by atoms with E-state index in [0.29, 0.717) is 18.9 Å². The molecule has 0 radical (unpaired) electrons. The van der Waals surface area contributed by atoms with E-state index in [1.54, 1.807) is 0 Å². The highest BCUT2D eigenvalue weighted by atomic mass is 16.4. The summed E-state index contributed by atoms with van der Waals surface area (Å²) in [5.74, 6) is 0.574. The summed E-state index contributed by atoms with van der Waals surface area (Å²) in [6.07, 6.45) is 3.96. The maximum atomic E-state index is 11.0. The summed E-state index contributed by atoms with van der Waals surface area (Å²) in [6, 6.07) is 2.11. The van der Waals surface area contributed by atoms with E-state index in [-0.39, 0.29) is 5.92 Å². The highest BCUT2D eigenvalue weighted by Gasteiger charge is 2.29. The van der Waals surface area contributed by atoms with E-state index in [4.69, 9.17) is 5.11 Å². The highest BCUT2D eigenvalue weighted by Crippen LogP contribution is 2.28. The first-order valence-electron chi connectivity index (χ1n) is 6.96. The average molecular weight is 261 g/mol. The largest absolute Gasteiger partial charge is 0.481 e. The summed E-state index contributed by atoms with van der Waals surface area (Å²) in [5, 5.41) is 17.6. The smallest absolute Gasteiger partial charge is 0.308 e. The number of rotatable bonds is 2. The predicted molar refractivity (Wildman–Crippen MR) is 71.2 cm³/mol. The second kappa shape index (κ2) is 4.79. The molecule has 0 unspecified atom stereocenters. The van der Waals surface area contributed by atoms with E-state index < -0.39 is 5.97 Å². The van der Waals surface area contributed by atoms with Gasteiger partial charge in [-0.05, 0) is 43.2 Å². The summed E-state index contributed by atoms with van der Waals surface area (Å²) < 4.78 is 0. The van der Waals surface area contributed by atoms with Crippen molar-refractivity contribution in [3.8, 4) is 0 Å². The monoisotopic (exact) mass is 261 g/mol. The Morgan fingerprint density at radius 3 is 3.00 bits per heavy atom. The van der Waals surface area contributed by atoms with Gasteiger partial charge in [-0.2, -0.15) is 5.10 Å². The lowest BCUT2D eigenvalue weighted by atomic mass is 9.88. The maximum absolute atomic E-state index is 11.0. The maximum Gasteiger partial charge on any atom is 0.308 e. The van der Waals surface area contributed by atoms with Gasteiger partial charge in [0.05, 0.1) is 11.6 Å². The zero-order chi connectivity index (χ0) is 13.4. The summed E-state index contributed by atoms with van der Waals surface area (Å²) in [4.78, 5) is 13.0. The topological polar surface area (TPSA) is 66.3 Å². The predicted octanol–water partition coefficient (Wildman–Crippen LogP) is 1.51. The van der Waals surface area contributed by atoms with Gasteiger partial charge in [0.25, 0.3) is 0 Å². The number of carboxylic acids is 1. The van der Waals surface area contributed by atoms with Crippen LogP contribution < -0.4 is 4.90 Å². The lowest BCUT2D eigenvalue weighted by molar-refractivity contribution is -0.140. The second-order valence-electron chi connectivity index (χ2n) is 5.79. The third-order valence-electron chi connectivity index (χ3n) is 4.25. The van der Waals surface area contributed by atoms with Crippen LogP contribution in [0.25, 0.3) is 0 Å². The molecule has 0 spiro atoms. The van der Waals surface area contributed by atoms with Crippen LogP contribution in [0.1, 0.15) is 31.0 Å². The Morgan fingerprint density at radius 1 is 1.42 bits per heavy atom. The lowest BCUT2D eigenvalue weighted by Crippen LogP contribution is -2.25. The van der Waals surface area contributed by atoms with Crippen LogP contribution >= 0.6 is 0 Å². The Labute approximate surface area is 112 Å². The number of anilines is 1. The number of carbonyl (C=O) groups is 1. The van der Waals surface area contributed by atoms with Crippen LogP contribution in [-0.4, -0.2) is 34.4 Å². The fourth-order valence-corrected chi connectivity index (χ4v) is 3.02. The summed E-state index contributed by atoms with van der Waals surface area (Å²) >= 11 is 0. The molecule has 1 saturated heterocycles. The minimum Gasteiger partial charge on any atom is -0.481 e. The highest BCUT2D eigenvalue weighted by molar-refractivity contribution is 5.71. The number of hydrogen-bond acceptors (Lipinski definition) is 4. The first-order chi connectivity index (χ1) is 9.13. The van der Waals surface area contributed by atoms with Gasteiger partial charge in [-0.25, -0.2) is 0 Å². The van der Waals surface area contributed by atoms with Crippen molar-refractivity contribution in [2.45, 2.75) is 32.6 Å². The number of hydrogen-bond donors (Lipinski definition) is 1. The SMILES string of the molecule is C[C@@H]1CCc2nnc(N3CC[C@H](C(=O)O)C3)cc2C1. The standard InChI is InChI=1S/C14H19N3O2/c1-9-2-3-12-11(6-9)7-13(16-15-12)17-5-4-10(8-17)14(18)19/h7,9-10H,2-6,8H2,1H3,(H,18,19)/t9-,10+/m1/s1. The molecule has 19 heavy (non-hydrogen) atoms. The van der Waals surface area contributed by atoms with Crippen molar-refractivity contribution in [2.75, 3.05) is 18.0 Å². The number of fused-ring (bicyclic) bond motifs is 1. The van der Waals surface area contributed by atoms with Gasteiger partial charge < -0.3 is 10.0 Å². The van der Waals surface area contributed by atoms with E-state index in [9.17, 15) is 4.79 Å². The summed E-state index contributed by atoms with van der Waals surface area (Å²) in [7, 11) is 0. The number of nitrogens with zero attached hydrogens (tertiary/aromatic N) is 3. The van der Waals surface area contributed by atoms with Crippen molar-refractivity contribution in [3.63, 3.8) is 0 Å². The molecule has 1 aliphatic carbocycles. The molecule has 1 fully saturated rings. The van der Waals surface area contributed by atoms with Crippen molar-refractivity contribution in [1.29, 1.82) is 0 Å². The molecule has 0 amide bonds. The van der Waals surface area contributed by atoms with Crippen LogP contribution in [-0.2, 0) is 17.6 Å². The molecule has 0 aromatic carbocycles. The first kappa shape index (κ1) is 12.4. The Kier molecular flexibility index (Phi) is 3.12. The van der Waals surface area contributed by atoms with Crippen molar-refractivity contribution in [2.24, 2.45) is 11.8 Å². The van der Waals surface area contributed by atoms with Crippen molar-refractivity contribution < 1.29 is 9.90 Å². The molecule has 102 valence electrons. The van der Waals surface area contributed by atoms with E-state index in [2.05, 4.69) is 23.2 Å². The van der Waals surface area contributed by atoms with Gasteiger partial charge >= 0.3 is 5.97 Å². The van der Waals surface area contributed by atoms with Crippen molar-refractivity contribution in [3.05, 3.63) is 17.3 Å². The van der Waals surface area contributed by atoms with Gasteiger partial charge in [-0.3, -0.25) is 4.79 Å². The quantitative estimate of drug-likeness (QED) is 0.874. The zero-order valence-corrected chi connectivity index (χ0v) is 11.2. The Morgan fingerprint density at radius 2 is 2.26 bits per heavy atom. The molecule has 1 aliphatic heterocycles. The number of aromatic nitrogens is 2. The molecule has 5 nitrogen and oxygen atoms in total. The van der Waals surface area contributed by atoms with Crippen LogP contribution in [0.5, 0.6) is 0 Å². The van der Waals surface area contributed by atoms with E-state index >= 15 is 0 Å². The fourth-order valence-electron chi connectivity index (χ4n) is 3.02. The third-order valence-corrected chi connectivity index (χ3v) is 4.25. The first-order valence-corrected chi connectivity index (χ1v) is 6.96. The van der Waals surface area contributed by atoms with Crippen LogP contribution in [0.3, 0.4) is 0 Å². The molecule has 5 heteroatoms. The number of aliphatic carboxylic acids is 1. The summed E-state index contributed by atoms with van der Waals surface area (Å²) in [6.45, 7) is 3.58. The molecule has 1 aromatic heterocycles. The van der Waals surface area contributed by atoms with Gasteiger partial charge in [0.1, 0.15) is 0 Å². The minimum absolute atomic E-state index is 0.267. The fraction of sp³-hybridized carbons (Fsp3) is 0.643. The molecule has 1 aromatic rings. The van der Waals surface area contributed by atoms with Crippen molar-refractivity contribution >= 4 is 11.8 Å². The van der Waals surface area contributed by atoms with E-state index in [1.165, 1.54) is 12.0 Å². The van der Waals surface area contributed by atoms with Crippen LogP contribution in [0.4, 0.5) is 5.82 Å². The molecule has 2 heterocycles. The Bertz CT molecular complexity index is 503. The number of aryl methyl sites for hydroxylation is 1. The molecule has 2 aliphatic rings. The third kappa shape index (κ3) is 2.41. The van der Waals surface area contributed by atoms with Crippen molar-refractivity contribution in [1.82, 2.24) is 10.2 Å². The van der Waals surface area contributed by atoms with Crippen LogP contribution in [0.2, 0.25) is 0 Å². The van der Waals surface area contributed by atoms with Gasteiger partial charge in [0, 0.05) is 13.1 Å². The molecule has 0 bridgehead atoms. The van der Waals surface area contributed by atoms with E-state index in [1.807, 2.05) is 4.90 Å². The van der Waals surface area contributed by atoms with E-state index in [0.717, 1.165) is 30.9 Å².